The Hall–Kier alpha value is -4.50. The van der Waals surface area contributed by atoms with Crippen molar-refractivity contribution >= 4 is 39.8 Å². The zero-order chi connectivity index (χ0) is 36.0. The van der Waals surface area contributed by atoms with Crippen molar-refractivity contribution in [2.75, 3.05) is 65.4 Å². The third-order valence-electron chi connectivity index (χ3n) is 10.2. The van der Waals surface area contributed by atoms with Crippen molar-refractivity contribution < 1.29 is 19.2 Å². The highest BCUT2D eigenvalue weighted by molar-refractivity contribution is 6.05. The Balaban J connectivity index is 1.03. The third kappa shape index (κ3) is 8.70. The number of carbonyl (C=O) groups is 1. The molecule has 0 saturated heterocycles. The number of hydrogen-bond acceptors (Lipinski definition) is 6. The molecule has 0 bridgehead atoms. The summed E-state index contributed by atoms with van der Waals surface area (Å²) in [6, 6.07) is 27.6. The van der Waals surface area contributed by atoms with Crippen LogP contribution in [0.1, 0.15) is 48.9 Å². The van der Waals surface area contributed by atoms with Crippen LogP contribution in [0.15, 0.2) is 84.9 Å². The maximum Gasteiger partial charge on any atom is 0.221 e. The number of allylic oxidation sites excluding steroid dienone is 1. The highest BCUT2D eigenvalue weighted by atomic mass is 16.5. The minimum Gasteiger partial charge on any atom is -0.490 e. The fourth-order valence-electron chi connectivity index (χ4n) is 7.39. The number of aryl methyl sites for hydroxylation is 1. The summed E-state index contributed by atoms with van der Waals surface area (Å²) in [6.07, 6.45) is 6.55. The Morgan fingerprint density at radius 1 is 1.06 bits per heavy atom. The number of carbonyl (C=O) groups excluding carboxylic acids is 1. The van der Waals surface area contributed by atoms with Crippen molar-refractivity contribution in [3.63, 3.8) is 0 Å². The highest BCUT2D eigenvalue weighted by Crippen LogP contribution is 2.40. The van der Waals surface area contributed by atoms with Crippen LogP contribution in [-0.4, -0.2) is 92.8 Å². The van der Waals surface area contributed by atoms with Gasteiger partial charge in [0.25, 0.3) is 0 Å². The molecule has 51 heavy (non-hydrogen) atoms. The second-order valence-corrected chi connectivity index (χ2v) is 14.7. The predicted octanol–water partition coefficient (Wildman–Crippen LogP) is 5.91. The Morgan fingerprint density at radius 3 is 2.73 bits per heavy atom. The summed E-state index contributed by atoms with van der Waals surface area (Å²) in [4.78, 5) is 16.8. The Morgan fingerprint density at radius 2 is 1.88 bits per heavy atom. The maximum absolute atomic E-state index is 12.4. The van der Waals surface area contributed by atoms with Gasteiger partial charge in [0, 0.05) is 74.5 Å². The summed E-state index contributed by atoms with van der Waals surface area (Å²) in [6.45, 7) is 9.18. The predicted molar refractivity (Wildman–Crippen MR) is 210 cm³/mol. The molecule has 4 aromatic rings. The summed E-state index contributed by atoms with van der Waals surface area (Å²) in [7, 11) is 6.18. The van der Waals surface area contributed by atoms with Gasteiger partial charge in [0.15, 0.2) is 5.71 Å². The van der Waals surface area contributed by atoms with Crippen LogP contribution in [0.4, 0.5) is 11.4 Å². The van der Waals surface area contributed by atoms with E-state index in [0.29, 0.717) is 26.1 Å². The average molecular weight is 689 g/mol. The molecule has 0 aromatic heterocycles. The Labute approximate surface area is 303 Å². The number of likely N-dealkylation sites (N-methyl/N-ethyl adjacent to an activating group) is 1. The van der Waals surface area contributed by atoms with Crippen molar-refractivity contribution in [3.05, 3.63) is 107 Å². The molecule has 0 radical (unpaired) electrons. The second-order valence-electron chi connectivity index (χ2n) is 14.7. The lowest BCUT2D eigenvalue weighted by atomic mass is 9.80. The summed E-state index contributed by atoms with van der Waals surface area (Å²) < 4.78 is 8.30. The van der Waals surface area contributed by atoms with Gasteiger partial charge in [-0.05, 0) is 93.2 Å². The molecule has 0 saturated carbocycles. The van der Waals surface area contributed by atoms with Crippen LogP contribution in [-0.2, 0) is 23.2 Å². The lowest BCUT2D eigenvalue weighted by molar-refractivity contribution is -0.401. The SMILES string of the molecule is CN(C)CCNC(=O)CCN1CCCc2cc(C=CC3=[N+](C)c4ccc(CNCC(O)COc5cccc6ccccc56)cc4C3(C)C)ccc21. The Bertz CT molecular complexity index is 1910. The molecule has 0 spiro atoms. The summed E-state index contributed by atoms with van der Waals surface area (Å²) in [5.74, 6) is 0.909. The molecular formula is C43H54N5O3+. The second kappa shape index (κ2) is 16.2. The van der Waals surface area contributed by atoms with Crippen molar-refractivity contribution in [1.82, 2.24) is 15.5 Å². The molecule has 8 heteroatoms. The van der Waals surface area contributed by atoms with Gasteiger partial charge in [-0.15, -0.1) is 0 Å². The summed E-state index contributed by atoms with van der Waals surface area (Å²) in [5.41, 5.74) is 8.60. The van der Waals surface area contributed by atoms with E-state index in [2.05, 4.69) is 107 Å². The van der Waals surface area contributed by atoms with Crippen LogP contribution >= 0.6 is 0 Å². The summed E-state index contributed by atoms with van der Waals surface area (Å²) in [5, 5.41) is 19.3. The number of anilines is 1. The molecule has 4 aromatic carbocycles. The first-order chi connectivity index (χ1) is 24.6. The maximum atomic E-state index is 12.4. The molecule has 2 aliphatic heterocycles. The number of aliphatic hydroxyl groups excluding tert-OH is 1. The van der Waals surface area contributed by atoms with E-state index in [9.17, 15) is 9.90 Å². The minimum atomic E-state index is -0.623. The molecule has 6 rings (SSSR count). The van der Waals surface area contributed by atoms with Gasteiger partial charge in [-0.3, -0.25) is 4.79 Å². The van der Waals surface area contributed by atoms with E-state index < -0.39 is 6.10 Å². The zero-order valence-electron chi connectivity index (χ0n) is 30.9. The minimum absolute atomic E-state index is 0.116. The first kappa shape index (κ1) is 36.3. The average Bonchev–Trinajstić information content (AvgIpc) is 3.31. The van der Waals surface area contributed by atoms with Crippen LogP contribution in [0.2, 0.25) is 0 Å². The van der Waals surface area contributed by atoms with E-state index in [0.717, 1.165) is 49.0 Å². The molecular weight excluding hydrogens is 635 g/mol. The van der Waals surface area contributed by atoms with Crippen LogP contribution in [0.3, 0.4) is 0 Å². The molecule has 3 N–H and O–H groups in total. The van der Waals surface area contributed by atoms with Crippen molar-refractivity contribution in [1.29, 1.82) is 0 Å². The number of hydrogen-bond donors (Lipinski definition) is 3. The first-order valence-electron chi connectivity index (χ1n) is 18.3. The van der Waals surface area contributed by atoms with Gasteiger partial charge in [-0.2, -0.15) is 4.58 Å². The first-order valence-corrected chi connectivity index (χ1v) is 18.3. The van der Waals surface area contributed by atoms with Gasteiger partial charge in [0.1, 0.15) is 25.5 Å². The fraction of sp³-hybridized carbons (Fsp3) is 0.395. The molecule has 2 aliphatic rings. The molecule has 2 heterocycles. The Kier molecular flexibility index (Phi) is 11.6. The standard InChI is InChI=1S/C43H53N5O3/c1-43(2)37-27-32(28-44-29-35(49)30-51-40-14-8-11-33-10-6-7-13-36(33)40)16-19-39(37)47(5)41(43)20-17-31-15-18-38-34(26-31)12-9-23-48(38)24-21-42(50)45-22-25-46(3)4/h6-8,10-11,13-20,26-27,35,44,49H,9,12,21-25,28-30H2,1-5H3/p+1. The molecule has 268 valence electrons. The van der Waals surface area contributed by atoms with E-state index in [1.165, 1.54) is 39.3 Å². The smallest absolute Gasteiger partial charge is 0.221 e. The van der Waals surface area contributed by atoms with Crippen molar-refractivity contribution in [3.8, 4) is 5.75 Å². The van der Waals surface area contributed by atoms with E-state index >= 15 is 0 Å². The number of nitrogens with zero attached hydrogens (tertiary/aromatic N) is 3. The van der Waals surface area contributed by atoms with E-state index in [4.69, 9.17) is 4.74 Å². The van der Waals surface area contributed by atoms with Gasteiger partial charge in [0.05, 0.1) is 5.41 Å². The van der Waals surface area contributed by atoms with Crippen LogP contribution < -0.4 is 20.3 Å². The third-order valence-corrected chi connectivity index (χ3v) is 10.2. The number of amides is 1. The largest absolute Gasteiger partial charge is 0.490 e. The lowest BCUT2D eigenvalue weighted by Gasteiger charge is -2.31. The van der Waals surface area contributed by atoms with Gasteiger partial charge < -0.3 is 30.3 Å². The summed E-state index contributed by atoms with van der Waals surface area (Å²) >= 11 is 0. The molecule has 8 nitrogen and oxygen atoms in total. The van der Waals surface area contributed by atoms with Crippen LogP contribution in [0.25, 0.3) is 16.8 Å². The molecule has 0 aliphatic carbocycles. The topological polar surface area (TPSA) is 80.1 Å². The lowest BCUT2D eigenvalue weighted by Crippen LogP contribution is -2.36. The van der Waals surface area contributed by atoms with E-state index in [1.807, 2.05) is 44.4 Å². The number of rotatable bonds is 15. The highest BCUT2D eigenvalue weighted by Gasteiger charge is 2.43. The fourth-order valence-corrected chi connectivity index (χ4v) is 7.39. The number of ether oxygens (including phenoxy) is 1. The molecule has 1 unspecified atom stereocenters. The number of nitrogens with one attached hydrogen (secondary N) is 2. The van der Waals surface area contributed by atoms with Gasteiger partial charge >= 0.3 is 0 Å². The van der Waals surface area contributed by atoms with Gasteiger partial charge in [-0.25, -0.2) is 0 Å². The quantitative estimate of drug-likeness (QED) is 0.135. The number of aliphatic hydroxyl groups is 1. The molecule has 1 amide bonds. The molecule has 1 atom stereocenters. The van der Waals surface area contributed by atoms with E-state index in [-0.39, 0.29) is 17.9 Å². The molecule has 0 fully saturated rings. The van der Waals surface area contributed by atoms with Crippen molar-refractivity contribution in [2.45, 2.75) is 51.2 Å². The van der Waals surface area contributed by atoms with Gasteiger partial charge in [-0.1, -0.05) is 48.5 Å². The van der Waals surface area contributed by atoms with E-state index in [1.54, 1.807) is 0 Å². The van der Waals surface area contributed by atoms with Crippen molar-refractivity contribution in [2.24, 2.45) is 0 Å². The number of fused-ring (bicyclic) bond motifs is 3. The van der Waals surface area contributed by atoms with Crippen LogP contribution in [0, 0.1) is 0 Å². The number of benzene rings is 4. The van der Waals surface area contributed by atoms with Gasteiger partial charge in [0.2, 0.25) is 11.6 Å². The monoisotopic (exact) mass is 688 g/mol. The normalized spacial score (nSPS) is 15.8. The van der Waals surface area contributed by atoms with Crippen LogP contribution in [0.5, 0.6) is 5.75 Å². The zero-order valence-corrected chi connectivity index (χ0v) is 30.9.